The van der Waals surface area contributed by atoms with Gasteiger partial charge in [-0.15, -0.1) is 0 Å². The van der Waals surface area contributed by atoms with Gasteiger partial charge in [0.25, 0.3) is 0 Å². The first kappa shape index (κ1) is 16.2. The van der Waals surface area contributed by atoms with Crippen molar-refractivity contribution in [2.45, 2.75) is 25.8 Å². The minimum atomic E-state index is 0.450. The van der Waals surface area contributed by atoms with E-state index in [4.69, 9.17) is 5.73 Å². The Hall–Kier alpha value is -0.900. The van der Waals surface area contributed by atoms with Gasteiger partial charge >= 0.3 is 0 Å². The monoisotopic (exact) mass is 263 g/mol. The Morgan fingerprint density at radius 1 is 1.05 bits per heavy atom. The summed E-state index contributed by atoms with van der Waals surface area (Å²) >= 11 is 0. The van der Waals surface area contributed by atoms with Crippen molar-refractivity contribution in [2.24, 2.45) is 5.73 Å². The Kier molecular flexibility index (Phi) is 7.72. The Balaban J connectivity index is 2.79. The average Bonchev–Trinajstić information content (AvgIpc) is 2.42. The van der Waals surface area contributed by atoms with Crippen LogP contribution in [-0.2, 0) is 0 Å². The predicted octanol–water partition coefficient (Wildman–Crippen LogP) is 2.35. The smallest absolute Gasteiger partial charge is 0.0360 e. The summed E-state index contributed by atoms with van der Waals surface area (Å²) in [7, 11) is 4.26. The lowest BCUT2D eigenvalue weighted by molar-refractivity contribution is 0.172. The lowest BCUT2D eigenvalue weighted by Gasteiger charge is -2.32. The molecule has 19 heavy (non-hydrogen) atoms. The average molecular weight is 263 g/mol. The summed E-state index contributed by atoms with van der Waals surface area (Å²) in [5, 5.41) is 0. The molecule has 0 aliphatic rings. The van der Waals surface area contributed by atoms with Gasteiger partial charge in [-0.2, -0.15) is 0 Å². The summed E-state index contributed by atoms with van der Waals surface area (Å²) in [6.45, 7) is 6.30. The molecular weight excluding hydrogens is 234 g/mol. The van der Waals surface area contributed by atoms with Gasteiger partial charge in [-0.25, -0.2) is 0 Å². The second-order valence-electron chi connectivity index (χ2n) is 5.34. The van der Waals surface area contributed by atoms with Crippen LogP contribution < -0.4 is 5.73 Å². The standard InChI is InChI=1S/C16H29N3/c1-4-12-19(14-13-18(2)3)16(10-11-17)15-8-6-5-7-9-15/h5-9,16H,4,10-14,17H2,1-3H3. The minimum absolute atomic E-state index is 0.450. The number of hydrogen-bond acceptors (Lipinski definition) is 3. The van der Waals surface area contributed by atoms with Crippen molar-refractivity contribution in [3.63, 3.8) is 0 Å². The molecule has 1 atom stereocenters. The van der Waals surface area contributed by atoms with Gasteiger partial charge in [0.2, 0.25) is 0 Å². The first-order valence-corrected chi connectivity index (χ1v) is 7.32. The molecule has 3 heteroatoms. The summed E-state index contributed by atoms with van der Waals surface area (Å²) in [6, 6.07) is 11.2. The van der Waals surface area contributed by atoms with Crippen LogP contribution in [0.4, 0.5) is 0 Å². The molecule has 1 aromatic rings. The van der Waals surface area contributed by atoms with E-state index < -0.39 is 0 Å². The largest absolute Gasteiger partial charge is 0.330 e. The first-order valence-electron chi connectivity index (χ1n) is 7.32. The molecule has 0 saturated carbocycles. The molecule has 0 aromatic heterocycles. The Morgan fingerprint density at radius 2 is 1.74 bits per heavy atom. The van der Waals surface area contributed by atoms with E-state index in [9.17, 15) is 0 Å². The number of benzene rings is 1. The van der Waals surface area contributed by atoms with Gasteiger partial charge in [0.1, 0.15) is 0 Å². The number of nitrogens with zero attached hydrogens (tertiary/aromatic N) is 2. The molecule has 108 valence electrons. The Labute approximate surface area is 118 Å². The fraction of sp³-hybridized carbons (Fsp3) is 0.625. The first-order chi connectivity index (χ1) is 9.19. The molecule has 0 saturated heterocycles. The van der Waals surface area contributed by atoms with Crippen LogP contribution in [-0.4, -0.2) is 50.1 Å². The molecule has 1 aromatic carbocycles. The van der Waals surface area contributed by atoms with Gasteiger partial charge in [-0.05, 0) is 45.6 Å². The van der Waals surface area contributed by atoms with Gasteiger partial charge in [-0.3, -0.25) is 4.90 Å². The lowest BCUT2D eigenvalue weighted by atomic mass is 10.0. The number of rotatable bonds is 9. The Bertz CT molecular complexity index is 324. The van der Waals surface area contributed by atoms with Crippen molar-refractivity contribution in [3.05, 3.63) is 35.9 Å². The molecule has 0 radical (unpaired) electrons. The van der Waals surface area contributed by atoms with E-state index in [1.807, 2.05) is 0 Å². The molecule has 0 bridgehead atoms. The van der Waals surface area contributed by atoms with Gasteiger partial charge in [-0.1, -0.05) is 37.3 Å². The van der Waals surface area contributed by atoms with Crippen molar-refractivity contribution in [1.82, 2.24) is 9.80 Å². The zero-order chi connectivity index (χ0) is 14.1. The zero-order valence-corrected chi connectivity index (χ0v) is 12.7. The van der Waals surface area contributed by atoms with Crippen LogP contribution in [0.1, 0.15) is 31.4 Å². The molecule has 0 aliphatic heterocycles. The second kappa shape index (κ2) is 9.08. The van der Waals surface area contributed by atoms with Crippen LogP contribution in [0, 0.1) is 0 Å². The zero-order valence-electron chi connectivity index (χ0n) is 12.7. The van der Waals surface area contributed by atoms with Crippen LogP contribution in [0.25, 0.3) is 0 Å². The summed E-state index contributed by atoms with van der Waals surface area (Å²) in [6.07, 6.45) is 2.21. The van der Waals surface area contributed by atoms with Crippen LogP contribution >= 0.6 is 0 Å². The molecule has 3 nitrogen and oxygen atoms in total. The molecule has 0 heterocycles. The van der Waals surface area contributed by atoms with E-state index in [2.05, 4.69) is 61.2 Å². The molecule has 1 rings (SSSR count). The van der Waals surface area contributed by atoms with Gasteiger partial charge in [0, 0.05) is 19.1 Å². The van der Waals surface area contributed by atoms with Crippen LogP contribution in [0.3, 0.4) is 0 Å². The SMILES string of the molecule is CCCN(CCN(C)C)C(CCN)c1ccccc1. The molecule has 2 N–H and O–H groups in total. The highest BCUT2D eigenvalue weighted by atomic mass is 15.2. The van der Waals surface area contributed by atoms with Gasteiger partial charge in [0.15, 0.2) is 0 Å². The molecular formula is C16H29N3. The van der Waals surface area contributed by atoms with Crippen molar-refractivity contribution in [1.29, 1.82) is 0 Å². The van der Waals surface area contributed by atoms with Crippen LogP contribution in [0.2, 0.25) is 0 Å². The molecule has 0 fully saturated rings. The van der Waals surface area contributed by atoms with E-state index >= 15 is 0 Å². The maximum absolute atomic E-state index is 5.82. The second-order valence-corrected chi connectivity index (χ2v) is 5.34. The van der Waals surface area contributed by atoms with Gasteiger partial charge < -0.3 is 10.6 Å². The highest BCUT2D eigenvalue weighted by Crippen LogP contribution is 2.23. The molecule has 0 amide bonds. The summed E-state index contributed by atoms with van der Waals surface area (Å²) in [5.74, 6) is 0. The predicted molar refractivity (Wildman–Crippen MR) is 83.3 cm³/mol. The van der Waals surface area contributed by atoms with Crippen molar-refractivity contribution in [3.8, 4) is 0 Å². The van der Waals surface area contributed by atoms with Crippen molar-refractivity contribution >= 4 is 0 Å². The maximum Gasteiger partial charge on any atom is 0.0360 e. The summed E-state index contributed by atoms with van der Waals surface area (Å²) < 4.78 is 0. The van der Waals surface area contributed by atoms with Crippen LogP contribution in [0.5, 0.6) is 0 Å². The molecule has 1 unspecified atom stereocenters. The van der Waals surface area contributed by atoms with E-state index in [0.29, 0.717) is 6.04 Å². The van der Waals surface area contributed by atoms with E-state index in [1.54, 1.807) is 0 Å². The minimum Gasteiger partial charge on any atom is -0.330 e. The van der Waals surface area contributed by atoms with Crippen molar-refractivity contribution in [2.75, 3.05) is 40.3 Å². The van der Waals surface area contributed by atoms with Crippen molar-refractivity contribution < 1.29 is 0 Å². The lowest BCUT2D eigenvalue weighted by Crippen LogP contribution is -2.36. The number of likely N-dealkylation sites (N-methyl/N-ethyl adjacent to an activating group) is 1. The third kappa shape index (κ3) is 5.72. The summed E-state index contributed by atoms with van der Waals surface area (Å²) in [4.78, 5) is 4.81. The third-order valence-corrected chi connectivity index (χ3v) is 3.41. The number of nitrogens with two attached hydrogens (primary N) is 1. The number of hydrogen-bond donors (Lipinski definition) is 1. The topological polar surface area (TPSA) is 32.5 Å². The van der Waals surface area contributed by atoms with Crippen LogP contribution in [0.15, 0.2) is 30.3 Å². The summed E-state index contributed by atoms with van der Waals surface area (Å²) in [5.41, 5.74) is 7.21. The fourth-order valence-corrected chi connectivity index (χ4v) is 2.43. The van der Waals surface area contributed by atoms with E-state index in [-0.39, 0.29) is 0 Å². The van der Waals surface area contributed by atoms with E-state index in [1.165, 1.54) is 12.0 Å². The molecule has 0 aliphatic carbocycles. The molecule has 0 spiro atoms. The van der Waals surface area contributed by atoms with E-state index in [0.717, 1.165) is 32.6 Å². The highest BCUT2D eigenvalue weighted by Gasteiger charge is 2.18. The quantitative estimate of drug-likeness (QED) is 0.742. The highest BCUT2D eigenvalue weighted by molar-refractivity contribution is 5.19. The normalized spacial score (nSPS) is 13.2. The van der Waals surface area contributed by atoms with Gasteiger partial charge in [0.05, 0.1) is 0 Å². The Morgan fingerprint density at radius 3 is 2.26 bits per heavy atom. The third-order valence-electron chi connectivity index (χ3n) is 3.41. The maximum atomic E-state index is 5.82. The fourth-order valence-electron chi connectivity index (χ4n) is 2.43.